The Morgan fingerprint density at radius 3 is 2.71 bits per heavy atom. The van der Waals surface area contributed by atoms with Gasteiger partial charge in [0.05, 0.1) is 17.0 Å². The van der Waals surface area contributed by atoms with Crippen LogP contribution < -0.4 is 4.74 Å². The number of piperidine rings is 1. The standard InChI is InChI=1S/C25H38N4O2/c1-4-6-17(2)13-23-26-15-22-24(28-23)21(18-8-10-19(30)11-9-18)14-27-25(22)31-20-7-5-12-29(3)16-20/h14-15,17-20,30H,4-13,16H2,1-3H3/t17?,18?,19?,20-/m1/s1. The van der Waals surface area contributed by atoms with E-state index in [1.807, 2.05) is 12.4 Å². The zero-order chi connectivity index (χ0) is 21.8. The molecule has 1 aliphatic carbocycles. The molecule has 2 aliphatic rings. The fourth-order valence-corrected chi connectivity index (χ4v) is 5.21. The SMILES string of the molecule is CCCC(C)Cc1ncc2c(O[C@@H]3CCCN(C)C3)ncc(C3CCC(O)CC3)c2n1. The van der Waals surface area contributed by atoms with E-state index in [4.69, 9.17) is 19.7 Å². The summed E-state index contributed by atoms with van der Waals surface area (Å²) < 4.78 is 6.39. The monoisotopic (exact) mass is 426 g/mol. The molecule has 1 aliphatic heterocycles. The quantitative estimate of drug-likeness (QED) is 0.703. The first-order chi connectivity index (χ1) is 15.0. The summed E-state index contributed by atoms with van der Waals surface area (Å²) in [5.41, 5.74) is 2.20. The highest BCUT2D eigenvalue weighted by Crippen LogP contribution is 2.37. The van der Waals surface area contributed by atoms with Crippen LogP contribution in [0.25, 0.3) is 10.9 Å². The normalized spacial score (nSPS) is 26.1. The second-order valence-corrected chi connectivity index (χ2v) is 9.81. The molecule has 6 nitrogen and oxygen atoms in total. The number of likely N-dealkylation sites (tertiary alicyclic amines) is 1. The van der Waals surface area contributed by atoms with Crippen LogP contribution in [-0.4, -0.2) is 57.3 Å². The highest BCUT2D eigenvalue weighted by Gasteiger charge is 2.26. The maximum atomic E-state index is 9.96. The number of aliphatic hydroxyl groups excluding tert-OH is 1. The van der Waals surface area contributed by atoms with E-state index in [1.165, 1.54) is 18.4 Å². The highest BCUT2D eigenvalue weighted by molar-refractivity contribution is 5.85. The second kappa shape index (κ2) is 10.2. The summed E-state index contributed by atoms with van der Waals surface area (Å²) in [6, 6.07) is 0. The van der Waals surface area contributed by atoms with Crippen molar-refractivity contribution in [3.05, 3.63) is 23.8 Å². The first-order valence-corrected chi connectivity index (χ1v) is 12.2. The zero-order valence-corrected chi connectivity index (χ0v) is 19.4. The Morgan fingerprint density at radius 2 is 1.97 bits per heavy atom. The molecule has 170 valence electrons. The topological polar surface area (TPSA) is 71.4 Å². The van der Waals surface area contributed by atoms with Crippen molar-refractivity contribution in [3.63, 3.8) is 0 Å². The molecule has 0 bridgehead atoms. The second-order valence-electron chi connectivity index (χ2n) is 9.81. The number of hydrogen-bond acceptors (Lipinski definition) is 6. The van der Waals surface area contributed by atoms with E-state index in [-0.39, 0.29) is 12.2 Å². The molecule has 2 aromatic rings. The lowest BCUT2D eigenvalue weighted by atomic mass is 9.82. The van der Waals surface area contributed by atoms with Crippen LogP contribution in [0.5, 0.6) is 5.88 Å². The molecule has 6 heteroatoms. The molecular formula is C25H38N4O2. The summed E-state index contributed by atoms with van der Waals surface area (Å²) in [6.45, 7) is 6.56. The molecule has 2 fully saturated rings. The third-order valence-corrected chi connectivity index (χ3v) is 6.97. The first-order valence-electron chi connectivity index (χ1n) is 12.2. The number of fused-ring (bicyclic) bond motifs is 1. The van der Waals surface area contributed by atoms with Crippen LogP contribution in [0.3, 0.4) is 0 Å². The maximum absolute atomic E-state index is 9.96. The molecule has 0 spiro atoms. The van der Waals surface area contributed by atoms with Crippen LogP contribution in [0.2, 0.25) is 0 Å². The third kappa shape index (κ3) is 5.53. The van der Waals surface area contributed by atoms with Crippen LogP contribution in [0, 0.1) is 5.92 Å². The molecule has 31 heavy (non-hydrogen) atoms. The minimum absolute atomic E-state index is 0.161. The van der Waals surface area contributed by atoms with Crippen molar-refractivity contribution in [2.24, 2.45) is 5.92 Å². The van der Waals surface area contributed by atoms with Gasteiger partial charge in [-0.2, -0.15) is 0 Å². The summed E-state index contributed by atoms with van der Waals surface area (Å²) in [5, 5.41) is 10.9. The van der Waals surface area contributed by atoms with E-state index < -0.39 is 0 Å². The summed E-state index contributed by atoms with van der Waals surface area (Å²) in [7, 11) is 2.15. The van der Waals surface area contributed by atoms with Crippen LogP contribution in [-0.2, 0) is 6.42 Å². The van der Waals surface area contributed by atoms with Crippen LogP contribution in [0.4, 0.5) is 0 Å². The molecule has 1 saturated heterocycles. The number of ether oxygens (including phenoxy) is 1. The number of hydrogen-bond donors (Lipinski definition) is 1. The third-order valence-electron chi connectivity index (χ3n) is 6.97. The minimum Gasteiger partial charge on any atom is -0.472 e. The fourth-order valence-electron chi connectivity index (χ4n) is 5.21. The van der Waals surface area contributed by atoms with E-state index >= 15 is 0 Å². The van der Waals surface area contributed by atoms with Gasteiger partial charge in [0.15, 0.2) is 0 Å². The summed E-state index contributed by atoms with van der Waals surface area (Å²) in [4.78, 5) is 16.8. The number of rotatable bonds is 7. The summed E-state index contributed by atoms with van der Waals surface area (Å²) in [5.74, 6) is 2.55. The van der Waals surface area contributed by atoms with Gasteiger partial charge in [0.2, 0.25) is 5.88 Å². The van der Waals surface area contributed by atoms with Crippen molar-refractivity contribution in [1.29, 1.82) is 0 Å². The average molecular weight is 427 g/mol. The molecule has 0 aromatic carbocycles. The molecule has 1 unspecified atom stereocenters. The van der Waals surface area contributed by atoms with Crippen molar-refractivity contribution in [2.75, 3.05) is 20.1 Å². The molecule has 0 amide bonds. The lowest BCUT2D eigenvalue weighted by Crippen LogP contribution is -2.38. The predicted octanol–water partition coefficient (Wildman–Crippen LogP) is 4.50. The fraction of sp³-hybridized carbons (Fsp3) is 0.720. The van der Waals surface area contributed by atoms with Crippen molar-refractivity contribution in [2.45, 2.75) is 89.8 Å². The van der Waals surface area contributed by atoms with Gasteiger partial charge >= 0.3 is 0 Å². The summed E-state index contributed by atoms with van der Waals surface area (Å²) in [6.07, 6.45) is 13.1. The van der Waals surface area contributed by atoms with Gasteiger partial charge in [-0.1, -0.05) is 26.7 Å². The molecule has 1 saturated carbocycles. The minimum atomic E-state index is -0.165. The van der Waals surface area contributed by atoms with Gasteiger partial charge in [-0.15, -0.1) is 0 Å². The van der Waals surface area contributed by atoms with E-state index in [0.717, 1.165) is 74.8 Å². The average Bonchev–Trinajstić information content (AvgIpc) is 2.75. The first kappa shape index (κ1) is 22.4. The van der Waals surface area contributed by atoms with Gasteiger partial charge in [-0.25, -0.2) is 15.0 Å². The van der Waals surface area contributed by atoms with Crippen molar-refractivity contribution in [1.82, 2.24) is 19.9 Å². The van der Waals surface area contributed by atoms with Gasteiger partial charge in [0, 0.05) is 30.9 Å². The molecule has 2 aromatic heterocycles. The van der Waals surface area contributed by atoms with E-state index in [0.29, 0.717) is 17.7 Å². The molecule has 1 N–H and O–H groups in total. The Morgan fingerprint density at radius 1 is 1.16 bits per heavy atom. The van der Waals surface area contributed by atoms with Crippen LogP contribution in [0.15, 0.2) is 12.4 Å². The molecular weight excluding hydrogens is 388 g/mol. The number of likely N-dealkylation sites (N-methyl/N-ethyl adjacent to an activating group) is 1. The number of nitrogens with zero attached hydrogens (tertiary/aromatic N) is 4. The van der Waals surface area contributed by atoms with Gasteiger partial charge < -0.3 is 14.7 Å². The highest BCUT2D eigenvalue weighted by atomic mass is 16.5. The van der Waals surface area contributed by atoms with Crippen molar-refractivity contribution < 1.29 is 9.84 Å². The largest absolute Gasteiger partial charge is 0.472 e. The van der Waals surface area contributed by atoms with Crippen LogP contribution >= 0.6 is 0 Å². The predicted molar refractivity (Wildman–Crippen MR) is 123 cm³/mol. The van der Waals surface area contributed by atoms with E-state index in [1.54, 1.807) is 0 Å². The molecule has 4 rings (SSSR count). The van der Waals surface area contributed by atoms with Gasteiger partial charge in [0.1, 0.15) is 11.9 Å². The molecule has 3 heterocycles. The Labute approximate surface area is 186 Å². The smallest absolute Gasteiger partial charge is 0.224 e. The Kier molecular flexibility index (Phi) is 7.39. The van der Waals surface area contributed by atoms with E-state index in [2.05, 4.69) is 25.8 Å². The molecule has 2 atom stereocenters. The van der Waals surface area contributed by atoms with Gasteiger partial charge in [0.25, 0.3) is 0 Å². The zero-order valence-electron chi connectivity index (χ0n) is 19.4. The number of aliphatic hydroxyl groups is 1. The van der Waals surface area contributed by atoms with Crippen LogP contribution in [0.1, 0.15) is 82.5 Å². The van der Waals surface area contributed by atoms with Gasteiger partial charge in [-0.05, 0) is 64.0 Å². The molecule has 0 radical (unpaired) electrons. The number of aromatic nitrogens is 3. The Bertz CT molecular complexity index is 866. The van der Waals surface area contributed by atoms with E-state index in [9.17, 15) is 5.11 Å². The lowest BCUT2D eigenvalue weighted by Gasteiger charge is -2.30. The van der Waals surface area contributed by atoms with Crippen molar-refractivity contribution in [3.8, 4) is 5.88 Å². The maximum Gasteiger partial charge on any atom is 0.224 e. The van der Waals surface area contributed by atoms with Crippen molar-refractivity contribution >= 4 is 10.9 Å². The van der Waals surface area contributed by atoms with Gasteiger partial charge in [-0.3, -0.25) is 0 Å². The number of pyridine rings is 1. The summed E-state index contributed by atoms with van der Waals surface area (Å²) >= 11 is 0. The Balaban J connectivity index is 1.66. The lowest BCUT2D eigenvalue weighted by molar-refractivity contribution is 0.101. The Hall–Kier alpha value is -1.79.